The molecule has 10 heteroatoms. The first-order chi connectivity index (χ1) is 17.2. The number of nitrogens with zero attached hydrogens (tertiary/aromatic N) is 3. The molecule has 1 spiro atoms. The zero-order valence-electron chi connectivity index (χ0n) is 20.6. The summed E-state index contributed by atoms with van der Waals surface area (Å²) in [7, 11) is 1.48. The molecule has 2 aromatic carbocycles. The van der Waals surface area contributed by atoms with Crippen LogP contribution in [-0.2, 0) is 9.59 Å². The standard InChI is InChI=1S/C23H22Cl2N4O4.C3H8/c1-27-21(32)23(29(22(27)33)16-5-3-2-4-6-16)9-11-28(12-10-23)19(30)14-26-20(31)17-13-15(24)7-8-18(17)25;1-3-2/h2-8,13H,9-12,14H2,1H3,(H,26,31);3H2,1-2H3. The maximum Gasteiger partial charge on any atom is 0.331 e. The molecule has 0 aliphatic carbocycles. The summed E-state index contributed by atoms with van der Waals surface area (Å²) in [5, 5.41) is 3.17. The molecule has 8 nitrogen and oxygen atoms in total. The Morgan fingerprint density at radius 2 is 1.61 bits per heavy atom. The minimum atomic E-state index is -1.03. The van der Waals surface area contributed by atoms with Gasteiger partial charge in [-0.2, -0.15) is 0 Å². The topological polar surface area (TPSA) is 90.0 Å². The van der Waals surface area contributed by atoms with Crippen molar-refractivity contribution in [2.24, 2.45) is 0 Å². The molecule has 0 radical (unpaired) electrons. The Kier molecular flexibility index (Phi) is 8.98. The monoisotopic (exact) mass is 532 g/mol. The predicted molar refractivity (Wildman–Crippen MR) is 140 cm³/mol. The second kappa shape index (κ2) is 11.8. The molecule has 5 amide bonds. The molecule has 2 saturated heterocycles. The molecule has 0 atom stereocenters. The Morgan fingerprint density at radius 1 is 1.00 bits per heavy atom. The smallest absolute Gasteiger partial charge is 0.331 e. The molecule has 2 aliphatic heterocycles. The van der Waals surface area contributed by atoms with Gasteiger partial charge in [0.25, 0.3) is 11.8 Å². The lowest BCUT2D eigenvalue weighted by Crippen LogP contribution is -2.58. The van der Waals surface area contributed by atoms with Gasteiger partial charge in [-0.25, -0.2) is 4.79 Å². The van der Waals surface area contributed by atoms with E-state index in [1.807, 2.05) is 18.2 Å². The molecule has 192 valence electrons. The first-order valence-corrected chi connectivity index (χ1v) is 12.6. The average molecular weight is 533 g/mol. The van der Waals surface area contributed by atoms with Gasteiger partial charge in [0.05, 0.1) is 17.1 Å². The molecule has 1 N–H and O–H groups in total. The second-order valence-corrected chi connectivity index (χ2v) is 9.59. The van der Waals surface area contributed by atoms with E-state index in [1.165, 1.54) is 25.6 Å². The van der Waals surface area contributed by atoms with Crippen molar-refractivity contribution >= 4 is 52.6 Å². The average Bonchev–Trinajstić information content (AvgIpc) is 3.05. The van der Waals surface area contributed by atoms with Crippen molar-refractivity contribution < 1.29 is 19.2 Å². The Labute approximate surface area is 221 Å². The minimum Gasteiger partial charge on any atom is -0.343 e. The maximum absolute atomic E-state index is 13.1. The summed E-state index contributed by atoms with van der Waals surface area (Å²) >= 11 is 12.0. The summed E-state index contributed by atoms with van der Waals surface area (Å²) < 4.78 is 0. The number of amides is 5. The van der Waals surface area contributed by atoms with Gasteiger partial charge in [0, 0.05) is 30.8 Å². The molecular weight excluding hydrogens is 503 g/mol. The number of carbonyl (C=O) groups excluding carboxylic acids is 4. The van der Waals surface area contributed by atoms with Crippen LogP contribution in [0.15, 0.2) is 48.5 Å². The fraction of sp³-hybridized carbons (Fsp3) is 0.385. The molecule has 2 aliphatic rings. The molecule has 2 heterocycles. The van der Waals surface area contributed by atoms with E-state index in [0.29, 0.717) is 23.6 Å². The highest BCUT2D eigenvalue weighted by molar-refractivity contribution is 6.35. The van der Waals surface area contributed by atoms with Gasteiger partial charge in [0.1, 0.15) is 5.54 Å². The lowest BCUT2D eigenvalue weighted by atomic mass is 9.85. The van der Waals surface area contributed by atoms with Gasteiger partial charge in [0.2, 0.25) is 5.91 Å². The highest BCUT2D eigenvalue weighted by Gasteiger charge is 2.57. The first kappa shape index (κ1) is 27.5. The highest BCUT2D eigenvalue weighted by atomic mass is 35.5. The van der Waals surface area contributed by atoms with E-state index in [1.54, 1.807) is 28.0 Å². The van der Waals surface area contributed by atoms with Crippen LogP contribution in [0.5, 0.6) is 0 Å². The van der Waals surface area contributed by atoms with Gasteiger partial charge in [-0.3, -0.25) is 24.2 Å². The number of urea groups is 1. The number of halogens is 2. The number of rotatable bonds is 4. The molecule has 2 aromatic rings. The van der Waals surface area contributed by atoms with Gasteiger partial charge in [-0.05, 0) is 43.2 Å². The van der Waals surface area contributed by atoms with Crippen molar-refractivity contribution in [3.63, 3.8) is 0 Å². The largest absolute Gasteiger partial charge is 0.343 e. The lowest BCUT2D eigenvalue weighted by molar-refractivity contribution is -0.136. The number of hydrogen-bond acceptors (Lipinski definition) is 4. The van der Waals surface area contributed by atoms with Crippen LogP contribution in [0.1, 0.15) is 43.5 Å². The second-order valence-electron chi connectivity index (χ2n) is 8.74. The van der Waals surface area contributed by atoms with Crippen LogP contribution in [-0.4, -0.2) is 65.8 Å². The van der Waals surface area contributed by atoms with Crippen LogP contribution >= 0.6 is 23.2 Å². The summed E-state index contributed by atoms with van der Waals surface area (Å²) in [4.78, 5) is 55.3. The number of hydrogen-bond donors (Lipinski definition) is 1. The van der Waals surface area contributed by atoms with Gasteiger partial charge >= 0.3 is 6.03 Å². The number of nitrogens with one attached hydrogen (secondary N) is 1. The van der Waals surface area contributed by atoms with Crippen LogP contribution in [0.2, 0.25) is 10.0 Å². The van der Waals surface area contributed by atoms with Crippen molar-refractivity contribution in [2.45, 2.75) is 38.6 Å². The number of likely N-dealkylation sites (tertiary alicyclic amines) is 1. The lowest BCUT2D eigenvalue weighted by Gasteiger charge is -2.42. The highest BCUT2D eigenvalue weighted by Crippen LogP contribution is 2.40. The van der Waals surface area contributed by atoms with E-state index in [4.69, 9.17) is 23.2 Å². The third-order valence-electron chi connectivity index (χ3n) is 6.14. The number of anilines is 1. The molecule has 0 bridgehead atoms. The van der Waals surface area contributed by atoms with E-state index >= 15 is 0 Å². The number of likely N-dealkylation sites (N-methyl/N-ethyl adjacent to an activating group) is 1. The van der Waals surface area contributed by atoms with Gasteiger partial charge in [-0.1, -0.05) is 61.7 Å². The number of carbonyl (C=O) groups is 4. The van der Waals surface area contributed by atoms with Crippen molar-refractivity contribution in [3.8, 4) is 0 Å². The van der Waals surface area contributed by atoms with Crippen molar-refractivity contribution in [1.29, 1.82) is 0 Å². The van der Waals surface area contributed by atoms with E-state index in [-0.39, 0.29) is 48.1 Å². The number of para-hydroxylation sites is 1. The van der Waals surface area contributed by atoms with Crippen molar-refractivity contribution in [2.75, 3.05) is 31.6 Å². The molecule has 36 heavy (non-hydrogen) atoms. The normalized spacial score (nSPS) is 16.6. The Morgan fingerprint density at radius 3 is 2.22 bits per heavy atom. The molecular formula is C26H30Cl2N4O4. The molecule has 0 aromatic heterocycles. The fourth-order valence-electron chi connectivity index (χ4n) is 4.36. The Hall–Kier alpha value is -3.10. The summed E-state index contributed by atoms with van der Waals surface area (Å²) in [6.45, 7) is 4.59. The predicted octanol–water partition coefficient (Wildman–Crippen LogP) is 4.60. The molecule has 4 rings (SSSR count). The Bertz CT molecular complexity index is 1130. The van der Waals surface area contributed by atoms with E-state index in [9.17, 15) is 19.2 Å². The molecule has 0 saturated carbocycles. The third-order valence-corrected chi connectivity index (χ3v) is 6.70. The third kappa shape index (κ3) is 5.50. The zero-order chi connectivity index (χ0) is 26.5. The van der Waals surface area contributed by atoms with E-state index in [2.05, 4.69) is 19.2 Å². The summed E-state index contributed by atoms with van der Waals surface area (Å²) in [5.41, 5.74) is -0.196. The van der Waals surface area contributed by atoms with Gasteiger partial charge in [0.15, 0.2) is 0 Å². The van der Waals surface area contributed by atoms with Gasteiger partial charge in [-0.15, -0.1) is 0 Å². The first-order valence-electron chi connectivity index (χ1n) is 11.8. The van der Waals surface area contributed by atoms with Gasteiger partial charge < -0.3 is 10.2 Å². The maximum atomic E-state index is 13.1. The van der Waals surface area contributed by atoms with Crippen LogP contribution < -0.4 is 10.2 Å². The Balaban J connectivity index is 0.00000115. The quantitative estimate of drug-likeness (QED) is 0.582. The van der Waals surface area contributed by atoms with Crippen LogP contribution in [0.3, 0.4) is 0 Å². The molecule has 0 unspecified atom stereocenters. The number of imide groups is 1. The number of benzene rings is 2. The van der Waals surface area contributed by atoms with E-state index < -0.39 is 11.4 Å². The fourth-order valence-corrected chi connectivity index (χ4v) is 4.74. The SMILES string of the molecule is CCC.CN1C(=O)N(c2ccccc2)C2(CCN(C(=O)CNC(=O)c3cc(Cl)ccc3Cl)CC2)C1=O. The van der Waals surface area contributed by atoms with Crippen molar-refractivity contribution in [3.05, 3.63) is 64.1 Å². The minimum absolute atomic E-state index is 0.186. The van der Waals surface area contributed by atoms with Crippen LogP contribution in [0.4, 0.5) is 10.5 Å². The summed E-state index contributed by atoms with van der Waals surface area (Å²) in [6, 6.07) is 13.2. The van der Waals surface area contributed by atoms with Crippen molar-refractivity contribution in [1.82, 2.24) is 15.1 Å². The zero-order valence-corrected chi connectivity index (χ0v) is 22.1. The summed E-state index contributed by atoms with van der Waals surface area (Å²) in [5.74, 6) is -1.06. The van der Waals surface area contributed by atoms with E-state index in [0.717, 1.165) is 4.90 Å². The van der Waals surface area contributed by atoms with Crippen LogP contribution in [0.25, 0.3) is 0 Å². The molecule has 2 fully saturated rings. The van der Waals surface area contributed by atoms with Crippen LogP contribution in [0, 0.1) is 0 Å². The summed E-state index contributed by atoms with van der Waals surface area (Å²) in [6.07, 6.45) is 1.85. The number of piperidine rings is 1.